The Labute approximate surface area is 443 Å². The van der Waals surface area contributed by atoms with Gasteiger partial charge < -0.3 is 20.4 Å². The Morgan fingerprint density at radius 1 is 0.500 bits per heavy atom. The van der Waals surface area contributed by atoms with E-state index >= 15 is 0 Å². The maximum atomic E-state index is 12.1. The number of aliphatic hydroxyl groups is 2. The highest BCUT2D eigenvalue weighted by atomic mass is 16.2. The molecule has 0 atom stereocenters. The molecule has 0 aromatic heterocycles. The Morgan fingerprint density at radius 3 is 0.986 bits per heavy atom. The summed E-state index contributed by atoms with van der Waals surface area (Å²) >= 11 is 0. The van der Waals surface area contributed by atoms with E-state index in [9.17, 15) is 4.79 Å². The van der Waals surface area contributed by atoms with Gasteiger partial charge in [-0.1, -0.05) is 308 Å². The average Bonchev–Trinajstić information content (AvgIpc) is 3.34. The first kappa shape index (κ1) is 79.6. The molecule has 0 aromatic carbocycles. The van der Waals surface area contributed by atoms with Crippen LogP contribution in [0.2, 0.25) is 0 Å². The van der Waals surface area contributed by atoms with Crippen molar-refractivity contribution in [2.75, 3.05) is 33.3 Å². The molecule has 70 heavy (non-hydrogen) atoms. The fourth-order valence-electron chi connectivity index (χ4n) is 8.33. The minimum Gasteiger partial charge on any atom is -0.516 e. The van der Waals surface area contributed by atoms with Crippen LogP contribution in [0.15, 0.2) is 49.4 Å². The molecule has 3 N–H and O–H groups in total. The van der Waals surface area contributed by atoms with Crippen LogP contribution in [0.5, 0.6) is 0 Å². The standard InChI is InChI=1S/C49H94N2O.C5H12.2C3H8.C2H4O.C2H4.CH4O/c1-6-9-12-15-18-19-20-21-22-23-24-25-30-35-42-51(44-37-41-50-48-45(4)46(5)49(48)52)43-36-31-26-29-34-40-47(38-32-27-16-13-10-7-2)39-33-28-17-14-11-8-3;1-5(2,3)4;2*1-3-2;1-2-3;2*1-2/h47,50H,5-44H2,1-4H3;1-4H3;2*3H2,1-2H3;2-3H,1H2;1-2H2;2H,1H3. The maximum Gasteiger partial charge on any atom is 0.208 e. The second kappa shape index (κ2) is 69.2. The number of allylic oxidation sites excluding steroid dienone is 2. The zero-order valence-electron chi connectivity index (χ0n) is 50.7. The second-order valence-electron chi connectivity index (χ2n) is 21.7. The predicted molar refractivity (Wildman–Crippen MR) is 323 cm³/mol. The number of hydrogen-bond donors (Lipinski definition) is 3. The molecule has 1 rings (SSSR count). The fraction of sp³-hybridized carbons (Fsp3) is 0.862. The summed E-state index contributed by atoms with van der Waals surface area (Å²) in [6, 6.07) is 0. The number of nitrogens with zero attached hydrogens (tertiary/aromatic N) is 1. The van der Waals surface area contributed by atoms with Crippen LogP contribution in [0.3, 0.4) is 0 Å². The third kappa shape index (κ3) is 70.4. The summed E-state index contributed by atoms with van der Waals surface area (Å²) in [7, 11) is 1.00. The quantitative estimate of drug-likeness (QED) is 0.0246. The first-order valence-corrected chi connectivity index (χ1v) is 30.4. The van der Waals surface area contributed by atoms with E-state index in [0.717, 1.165) is 50.1 Å². The van der Waals surface area contributed by atoms with Crippen LogP contribution in [0.4, 0.5) is 0 Å². The second-order valence-corrected chi connectivity index (χ2v) is 21.7. The van der Waals surface area contributed by atoms with Gasteiger partial charge in [0, 0.05) is 19.2 Å². The maximum absolute atomic E-state index is 12.1. The number of hydrogen-bond acceptors (Lipinski definition) is 5. The predicted octanol–water partition coefficient (Wildman–Crippen LogP) is 21.6. The molecule has 0 amide bonds. The van der Waals surface area contributed by atoms with E-state index in [1.54, 1.807) is 0 Å². The lowest BCUT2D eigenvalue weighted by Gasteiger charge is -2.25. The molecule has 5 heteroatoms. The smallest absolute Gasteiger partial charge is 0.208 e. The van der Waals surface area contributed by atoms with Gasteiger partial charge in [-0.2, -0.15) is 0 Å². The topological polar surface area (TPSA) is 72.8 Å². The van der Waals surface area contributed by atoms with Gasteiger partial charge in [-0.15, -0.1) is 13.2 Å². The third-order valence-electron chi connectivity index (χ3n) is 12.1. The van der Waals surface area contributed by atoms with Crippen molar-refractivity contribution in [1.29, 1.82) is 0 Å². The number of nitrogens with one attached hydrogen (secondary N) is 1. The van der Waals surface area contributed by atoms with Crippen LogP contribution in [-0.4, -0.2) is 54.2 Å². The molecular formula is C65H134N2O3. The largest absolute Gasteiger partial charge is 0.516 e. The molecule has 0 unspecified atom stereocenters. The highest BCUT2D eigenvalue weighted by Crippen LogP contribution is 2.27. The lowest BCUT2D eigenvalue weighted by molar-refractivity contribution is -0.113. The van der Waals surface area contributed by atoms with Gasteiger partial charge >= 0.3 is 0 Å². The molecule has 0 fully saturated rings. The number of carbonyl (C=O) groups excluding carboxylic acids is 1. The zero-order valence-corrected chi connectivity index (χ0v) is 50.7. The first-order valence-electron chi connectivity index (χ1n) is 30.4. The highest BCUT2D eigenvalue weighted by molar-refractivity contribution is 6.18. The summed E-state index contributed by atoms with van der Waals surface area (Å²) in [5.74, 6) is 1.10. The molecule has 0 heterocycles. The van der Waals surface area contributed by atoms with Crippen molar-refractivity contribution in [1.82, 2.24) is 10.2 Å². The molecule has 0 saturated heterocycles. The SMILES string of the molecule is C=C.C=C1C(=O)C(NCCCN(CCCCCCCCCCCCCCCC)CCCCCCCC(CCCCCCCC)CCCCCCCC)=C1C.C=CO.CC(C)(C)C.CCC.CCC.CO. The van der Waals surface area contributed by atoms with Crippen LogP contribution in [0, 0.1) is 11.3 Å². The average molecular weight is 992 g/mol. The Bertz CT molecular complexity index is 1010. The van der Waals surface area contributed by atoms with E-state index in [1.165, 1.54) is 244 Å². The molecule has 0 radical (unpaired) electrons. The van der Waals surface area contributed by atoms with E-state index in [-0.39, 0.29) is 5.78 Å². The number of unbranched alkanes of at least 4 members (excludes halogenated alkanes) is 27. The number of Topliss-reactive ketones (excluding diaryl/α,β-unsaturated/α-hetero) is 1. The van der Waals surface area contributed by atoms with Crippen LogP contribution in [0.1, 0.15) is 321 Å². The van der Waals surface area contributed by atoms with Crippen molar-refractivity contribution in [2.45, 2.75) is 321 Å². The minimum atomic E-state index is 0.118. The molecule has 0 aliphatic heterocycles. The van der Waals surface area contributed by atoms with Crippen molar-refractivity contribution in [2.24, 2.45) is 11.3 Å². The Hall–Kier alpha value is -1.85. The van der Waals surface area contributed by atoms with Gasteiger partial charge in [-0.05, 0) is 62.7 Å². The van der Waals surface area contributed by atoms with Gasteiger partial charge in [0.05, 0.1) is 12.0 Å². The fourth-order valence-corrected chi connectivity index (χ4v) is 8.33. The van der Waals surface area contributed by atoms with E-state index in [0.29, 0.717) is 11.0 Å². The molecule has 0 saturated carbocycles. The highest BCUT2D eigenvalue weighted by Gasteiger charge is 2.28. The molecule has 5 nitrogen and oxygen atoms in total. The van der Waals surface area contributed by atoms with E-state index < -0.39 is 0 Å². The molecule has 0 bridgehead atoms. The minimum absolute atomic E-state index is 0.118. The molecule has 0 spiro atoms. The first-order chi connectivity index (χ1) is 33.8. The summed E-state index contributed by atoms with van der Waals surface area (Å²) in [5.41, 5.74) is 3.05. The lowest BCUT2D eigenvalue weighted by atomic mass is 9.88. The monoisotopic (exact) mass is 991 g/mol. The summed E-state index contributed by atoms with van der Waals surface area (Å²) < 4.78 is 0. The molecule has 0 aromatic rings. The molecule has 422 valence electrons. The molecular weight excluding hydrogens is 857 g/mol. The normalized spacial score (nSPS) is 11.5. The Morgan fingerprint density at radius 2 is 0.729 bits per heavy atom. The van der Waals surface area contributed by atoms with Crippen LogP contribution in [-0.2, 0) is 4.79 Å². The van der Waals surface area contributed by atoms with Crippen molar-refractivity contribution in [3.63, 3.8) is 0 Å². The Balaban J connectivity index is -0.000000491. The van der Waals surface area contributed by atoms with Crippen molar-refractivity contribution in [3.8, 4) is 0 Å². The zero-order chi connectivity index (χ0) is 54.4. The van der Waals surface area contributed by atoms with Gasteiger partial charge in [0.25, 0.3) is 0 Å². The van der Waals surface area contributed by atoms with Gasteiger partial charge in [-0.25, -0.2) is 0 Å². The van der Waals surface area contributed by atoms with E-state index in [1.807, 2.05) is 6.92 Å². The van der Waals surface area contributed by atoms with Gasteiger partial charge in [0.1, 0.15) is 0 Å². The van der Waals surface area contributed by atoms with Crippen molar-refractivity contribution >= 4 is 5.78 Å². The summed E-state index contributed by atoms with van der Waals surface area (Å²) in [5, 5.41) is 17.7. The Kier molecular flexibility index (Phi) is 78.7. The van der Waals surface area contributed by atoms with Crippen LogP contribution < -0.4 is 5.32 Å². The van der Waals surface area contributed by atoms with E-state index in [2.05, 4.69) is 113 Å². The van der Waals surface area contributed by atoms with Crippen molar-refractivity contribution in [3.05, 3.63) is 49.4 Å². The van der Waals surface area contributed by atoms with Crippen LogP contribution in [0.25, 0.3) is 0 Å². The summed E-state index contributed by atoms with van der Waals surface area (Å²) in [6.07, 6.45) is 53.0. The van der Waals surface area contributed by atoms with Crippen molar-refractivity contribution < 1.29 is 15.0 Å². The summed E-state index contributed by atoms with van der Waals surface area (Å²) in [6.45, 7) is 43.5. The number of carbonyl (C=O) groups is 1. The van der Waals surface area contributed by atoms with E-state index in [4.69, 9.17) is 10.2 Å². The number of ketones is 1. The lowest BCUT2D eigenvalue weighted by Crippen LogP contribution is -2.34. The number of aliphatic hydroxyl groups excluding tert-OH is 2. The van der Waals surface area contributed by atoms with Gasteiger partial charge in [0.2, 0.25) is 5.78 Å². The van der Waals surface area contributed by atoms with Gasteiger partial charge in [-0.3, -0.25) is 4.79 Å². The molecule has 1 aliphatic rings. The third-order valence-corrected chi connectivity index (χ3v) is 12.1. The summed E-state index contributed by atoms with van der Waals surface area (Å²) in [4.78, 5) is 14.8. The van der Waals surface area contributed by atoms with Gasteiger partial charge in [0.15, 0.2) is 0 Å². The number of rotatable bonds is 42. The van der Waals surface area contributed by atoms with Crippen LogP contribution >= 0.6 is 0 Å². The molecule has 1 aliphatic carbocycles.